The first-order chi connectivity index (χ1) is 11.4. The van der Waals surface area contributed by atoms with E-state index < -0.39 is 10.8 Å². The number of esters is 1. The summed E-state index contributed by atoms with van der Waals surface area (Å²) in [5, 5.41) is 0. The number of cyclic esters (lactones) is 1. The largest absolute Gasteiger partial charge is 0.465 e. The number of fused-ring (bicyclic) bond motifs is 2. The van der Waals surface area contributed by atoms with Gasteiger partial charge in [0, 0.05) is 11.8 Å². The van der Waals surface area contributed by atoms with Gasteiger partial charge < -0.3 is 4.74 Å². The second-order valence-corrected chi connectivity index (χ2v) is 9.15. The Morgan fingerprint density at radius 1 is 1.12 bits per heavy atom. The molecule has 24 heavy (non-hydrogen) atoms. The van der Waals surface area contributed by atoms with Gasteiger partial charge in [-0.3, -0.25) is 14.4 Å². The van der Waals surface area contributed by atoms with Gasteiger partial charge >= 0.3 is 5.97 Å². The number of Topliss-reactive ketones (excluding diaryl/α,β-unsaturated/α-hetero) is 2. The molecule has 1 heterocycles. The van der Waals surface area contributed by atoms with Crippen LogP contribution in [0.1, 0.15) is 51.9 Å². The van der Waals surface area contributed by atoms with Crippen LogP contribution in [0.2, 0.25) is 0 Å². The molecule has 1 spiro atoms. The number of ether oxygens (including phenoxy) is 1. The van der Waals surface area contributed by atoms with Crippen molar-refractivity contribution in [2.75, 3.05) is 6.61 Å². The van der Waals surface area contributed by atoms with Gasteiger partial charge in [0.15, 0.2) is 5.78 Å². The maximum atomic E-state index is 13.3. The third-order valence-electron chi connectivity index (χ3n) is 8.42. The fraction of sp³-hybridized carbons (Fsp3) is 0.750. The van der Waals surface area contributed by atoms with Gasteiger partial charge in [-0.2, -0.15) is 0 Å². The molecule has 0 amide bonds. The third-order valence-corrected chi connectivity index (χ3v) is 8.42. The molecule has 6 rings (SSSR count). The lowest BCUT2D eigenvalue weighted by atomic mass is 9.35. The molecule has 0 aromatic carbocycles. The van der Waals surface area contributed by atoms with E-state index in [-0.39, 0.29) is 40.7 Å². The number of hydrogen-bond acceptors (Lipinski definition) is 4. The monoisotopic (exact) mass is 328 g/mol. The first-order valence-corrected chi connectivity index (χ1v) is 9.30. The molecule has 0 aromatic heterocycles. The number of carbonyl (C=O) groups is 3. The van der Waals surface area contributed by atoms with Crippen LogP contribution in [-0.4, -0.2) is 24.1 Å². The van der Waals surface area contributed by atoms with E-state index in [0.717, 1.165) is 32.1 Å². The molecule has 4 bridgehead atoms. The molecule has 2 unspecified atom stereocenters. The van der Waals surface area contributed by atoms with Crippen molar-refractivity contribution in [2.45, 2.75) is 51.9 Å². The molecular formula is C20H24O4. The molecule has 128 valence electrons. The summed E-state index contributed by atoms with van der Waals surface area (Å²) in [6, 6.07) is 0. The van der Waals surface area contributed by atoms with Crippen molar-refractivity contribution < 1.29 is 19.1 Å². The maximum Gasteiger partial charge on any atom is 0.312 e. The third kappa shape index (κ3) is 1.34. The normalized spacial score (nSPS) is 52.6. The minimum absolute atomic E-state index is 0.0449. The van der Waals surface area contributed by atoms with E-state index in [1.54, 1.807) is 0 Å². The molecule has 1 aliphatic heterocycles. The van der Waals surface area contributed by atoms with E-state index in [1.165, 1.54) is 0 Å². The average Bonchev–Trinajstić information content (AvgIpc) is 2.57. The summed E-state index contributed by atoms with van der Waals surface area (Å²) in [7, 11) is 0. The van der Waals surface area contributed by atoms with Crippen LogP contribution in [0, 0.1) is 34.0 Å². The molecule has 0 aromatic rings. The van der Waals surface area contributed by atoms with Crippen molar-refractivity contribution >= 4 is 17.5 Å². The number of ketones is 2. The lowest BCUT2D eigenvalue weighted by molar-refractivity contribution is -0.230. The van der Waals surface area contributed by atoms with E-state index in [1.807, 2.05) is 0 Å². The first-order valence-electron chi connectivity index (χ1n) is 9.30. The van der Waals surface area contributed by atoms with Crippen LogP contribution in [0.3, 0.4) is 0 Å². The van der Waals surface area contributed by atoms with Crippen molar-refractivity contribution in [3.8, 4) is 0 Å². The molecule has 6 fully saturated rings. The Kier molecular flexibility index (Phi) is 2.60. The van der Waals surface area contributed by atoms with Gasteiger partial charge in [-0.25, -0.2) is 0 Å². The summed E-state index contributed by atoms with van der Waals surface area (Å²) in [5.74, 6) is -0.0802. The van der Waals surface area contributed by atoms with E-state index in [2.05, 4.69) is 13.5 Å². The zero-order valence-electron chi connectivity index (χ0n) is 14.2. The van der Waals surface area contributed by atoms with Gasteiger partial charge in [0.25, 0.3) is 0 Å². The summed E-state index contributed by atoms with van der Waals surface area (Å²) in [6.45, 7) is 6.59. The summed E-state index contributed by atoms with van der Waals surface area (Å²) in [6.07, 6.45) is 5.37. The Labute approximate surface area is 142 Å². The highest BCUT2D eigenvalue weighted by atomic mass is 16.5. The Balaban J connectivity index is 1.74. The van der Waals surface area contributed by atoms with E-state index in [9.17, 15) is 14.4 Å². The minimum atomic E-state index is -0.975. The van der Waals surface area contributed by atoms with Crippen molar-refractivity contribution in [1.82, 2.24) is 0 Å². The van der Waals surface area contributed by atoms with Crippen LogP contribution < -0.4 is 0 Å². The molecular weight excluding hydrogens is 304 g/mol. The smallest absolute Gasteiger partial charge is 0.312 e. The van der Waals surface area contributed by atoms with Crippen molar-refractivity contribution in [2.24, 2.45) is 34.0 Å². The van der Waals surface area contributed by atoms with Gasteiger partial charge in [0.05, 0.1) is 17.4 Å². The summed E-state index contributed by atoms with van der Waals surface area (Å²) in [5.41, 5.74) is -1.07. The molecule has 5 aliphatic carbocycles. The molecule has 0 radical (unpaired) electrons. The van der Waals surface area contributed by atoms with Crippen molar-refractivity contribution in [3.63, 3.8) is 0 Å². The molecule has 6 atom stereocenters. The van der Waals surface area contributed by atoms with Gasteiger partial charge in [-0.1, -0.05) is 19.9 Å². The van der Waals surface area contributed by atoms with Crippen LogP contribution in [0.4, 0.5) is 0 Å². The molecule has 4 nitrogen and oxygen atoms in total. The first kappa shape index (κ1) is 14.9. The highest BCUT2D eigenvalue weighted by molar-refractivity contribution is 6.17. The lowest BCUT2D eigenvalue weighted by Gasteiger charge is -2.67. The predicted molar refractivity (Wildman–Crippen MR) is 85.9 cm³/mol. The second-order valence-electron chi connectivity index (χ2n) is 9.15. The average molecular weight is 328 g/mol. The standard InChI is InChI=1S/C20H24O4/c1-11-12-4-7-20(16(11)22)14(8-12)19-6-3-5-18(2,10-24-17(19)23)13(19)9-15(20)21/h12-14H,1,3-10H2,2H3/t12-,13?,14?,18-,19-,20+/m0/s1. The number of hydrogen-bond donors (Lipinski definition) is 0. The van der Waals surface area contributed by atoms with Crippen LogP contribution >= 0.6 is 0 Å². The zero-order valence-corrected chi connectivity index (χ0v) is 14.2. The van der Waals surface area contributed by atoms with E-state index in [4.69, 9.17) is 4.74 Å². The van der Waals surface area contributed by atoms with Crippen LogP contribution in [-0.2, 0) is 19.1 Å². The fourth-order valence-corrected chi connectivity index (χ4v) is 7.24. The van der Waals surface area contributed by atoms with Gasteiger partial charge in [0.2, 0.25) is 0 Å². The van der Waals surface area contributed by atoms with E-state index in [0.29, 0.717) is 25.0 Å². The number of allylic oxidation sites excluding steroid dienone is 1. The Morgan fingerprint density at radius 3 is 2.71 bits per heavy atom. The van der Waals surface area contributed by atoms with Crippen molar-refractivity contribution in [3.05, 3.63) is 12.2 Å². The highest BCUT2D eigenvalue weighted by Crippen LogP contribution is 2.71. The molecule has 5 saturated carbocycles. The van der Waals surface area contributed by atoms with Crippen LogP contribution in [0.5, 0.6) is 0 Å². The Bertz CT molecular complexity index is 708. The lowest BCUT2D eigenvalue weighted by Crippen LogP contribution is -2.71. The van der Waals surface area contributed by atoms with Gasteiger partial charge in [-0.05, 0) is 55.4 Å². The SMILES string of the molecule is C=C1C(=O)[C@]23CC[C@H]1CC2[C@@]12CCC[C@@](C)(COC1=O)C2CC3=O. The molecule has 0 N–H and O–H groups in total. The number of rotatable bonds is 0. The van der Waals surface area contributed by atoms with Gasteiger partial charge in [0.1, 0.15) is 5.78 Å². The second kappa shape index (κ2) is 4.20. The summed E-state index contributed by atoms with van der Waals surface area (Å²) >= 11 is 0. The van der Waals surface area contributed by atoms with Crippen molar-refractivity contribution in [1.29, 1.82) is 0 Å². The van der Waals surface area contributed by atoms with Gasteiger partial charge in [-0.15, -0.1) is 0 Å². The van der Waals surface area contributed by atoms with E-state index >= 15 is 0 Å². The highest BCUT2D eigenvalue weighted by Gasteiger charge is 2.75. The summed E-state index contributed by atoms with van der Waals surface area (Å²) in [4.78, 5) is 39.4. The van der Waals surface area contributed by atoms with Crippen LogP contribution in [0.25, 0.3) is 0 Å². The Morgan fingerprint density at radius 2 is 1.92 bits per heavy atom. The zero-order chi connectivity index (χ0) is 16.9. The predicted octanol–water partition coefficient (Wildman–Crippen LogP) is 2.85. The fourth-order valence-electron chi connectivity index (χ4n) is 7.24. The van der Waals surface area contributed by atoms with Crippen LogP contribution in [0.15, 0.2) is 12.2 Å². The quantitative estimate of drug-likeness (QED) is 0.390. The molecule has 1 saturated heterocycles. The molecule has 6 aliphatic rings. The summed E-state index contributed by atoms with van der Waals surface area (Å²) < 4.78 is 5.67. The number of carbonyl (C=O) groups excluding carboxylic acids is 3. The topological polar surface area (TPSA) is 60.4 Å². The molecule has 4 heteroatoms. The maximum absolute atomic E-state index is 13.3. The minimum Gasteiger partial charge on any atom is -0.465 e. The Hall–Kier alpha value is -1.45.